The number of amides is 1. The number of fused-ring (bicyclic) bond motifs is 2. The Morgan fingerprint density at radius 2 is 1.72 bits per heavy atom. The molecule has 3 heterocycles. The fraction of sp³-hybridized carbons (Fsp3) is 0.519. The van der Waals surface area contributed by atoms with Gasteiger partial charge >= 0.3 is 0 Å². The van der Waals surface area contributed by atoms with E-state index in [0.717, 1.165) is 25.5 Å². The van der Waals surface area contributed by atoms with E-state index in [-0.39, 0.29) is 17.5 Å². The summed E-state index contributed by atoms with van der Waals surface area (Å²) in [4.78, 5) is 22.0. The largest absolute Gasteiger partial charge is 0.353 e. The van der Waals surface area contributed by atoms with Crippen molar-refractivity contribution in [2.24, 2.45) is 23.7 Å². The number of hydrogen-bond donors (Lipinski definition) is 0. The highest BCUT2D eigenvalue weighted by Crippen LogP contribution is 2.45. The highest BCUT2D eigenvalue weighted by Gasteiger charge is 2.47. The van der Waals surface area contributed by atoms with Gasteiger partial charge in [0.1, 0.15) is 22.5 Å². The molecule has 1 aliphatic heterocycles. The monoisotopic (exact) mass is 515 g/mol. The van der Waals surface area contributed by atoms with Crippen LogP contribution in [0.5, 0.6) is 0 Å². The number of piperidine rings is 1. The van der Waals surface area contributed by atoms with Gasteiger partial charge < -0.3 is 9.80 Å². The first kappa shape index (κ1) is 24.9. The third-order valence-corrected chi connectivity index (χ3v) is 7.85. The number of likely N-dealkylation sites (tertiary alicyclic amines) is 1. The zero-order valence-electron chi connectivity index (χ0n) is 21.3. The normalized spacial score (nSPS) is 19.9. The summed E-state index contributed by atoms with van der Waals surface area (Å²) in [6.45, 7) is 13.0. The molecule has 36 heavy (non-hydrogen) atoms. The smallest absolute Gasteiger partial charge is 0.274 e. The lowest BCUT2D eigenvalue weighted by Gasteiger charge is -2.35. The van der Waals surface area contributed by atoms with Crippen LogP contribution in [-0.4, -0.2) is 51.1 Å². The van der Waals surface area contributed by atoms with Gasteiger partial charge in [0.2, 0.25) is 0 Å². The molecule has 3 aromatic rings. The maximum Gasteiger partial charge on any atom is 0.274 e. The minimum Gasteiger partial charge on any atom is -0.353 e. The molecule has 1 aromatic carbocycles. The van der Waals surface area contributed by atoms with Crippen molar-refractivity contribution >= 4 is 29.0 Å². The Kier molecular flexibility index (Phi) is 6.43. The molecule has 1 aliphatic carbocycles. The van der Waals surface area contributed by atoms with Gasteiger partial charge in [-0.3, -0.25) is 4.79 Å². The number of aromatic nitrogens is 3. The minimum atomic E-state index is -0.846. The molecule has 5 rings (SSSR count). The molecule has 0 bridgehead atoms. The topological polar surface area (TPSA) is 53.7 Å². The third kappa shape index (κ3) is 4.56. The molecule has 1 saturated heterocycles. The van der Waals surface area contributed by atoms with E-state index in [2.05, 4.69) is 44.5 Å². The molecule has 2 fully saturated rings. The van der Waals surface area contributed by atoms with E-state index < -0.39 is 16.7 Å². The Morgan fingerprint density at radius 3 is 2.31 bits per heavy atom. The molecular weight excluding hydrogens is 484 g/mol. The molecule has 2 aromatic heterocycles. The Labute approximate surface area is 215 Å². The van der Waals surface area contributed by atoms with Crippen LogP contribution in [0.15, 0.2) is 24.3 Å². The van der Waals surface area contributed by atoms with Crippen LogP contribution in [0.25, 0.3) is 16.9 Å². The first-order valence-corrected chi connectivity index (χ1v) is 13.0. The fourth-order valence-corrected chi connectivity index (χ4v) is 5.18. The van der Waals surface area contributed by atoms with Crippen molar-refractivity contribution in [3.05, 3.63) is 46.6 Å². The number of rotatable bonds is 7. The molecule has 0 radical (unpaired) electrons. The van der Waals surface area contributed by atoms with Crippen molar-refractivity contribution in [3.8, 4) is 11.3 Å². The lowest BCUT2D eigenvalue weighted by Crippen LogP contribution is -2.40. The average Bonchev–Trinajstić information content (AvgIpc) is 3.23. The number of carbonyl (C=O) groups excluding carboxylic acids is 1. The highest BCUT2D eigenvalue weighted by molar-refractivity contribution is 6.31. The standard InChI is InChI=1S/C27H32ClF2N5O/c1-14(2)11-34(16(5)15(3)4)25-10-22(17-7-20(29)26(28)21(30)8-17)31-24-9-23(32-35(24)25)27(36)33-12-18-6-19(18)13-33/h7-10,14-16,18-19H,6,11-13H2,1-5H3/t16-,18?,19?/m1/s1. The summed E-state index contributed by atoms with van der Waals surface area (Å²) in [6, 6.07) is 5.98. The van der Waals surface area contributed by atoms with Gasteiger partial charge in [-0.25, -0.2) is 13.8 Å². The summed E-state index contributed by atoms with van der Waals surface area (Å²) in [5.74, 6) is 0.844. The van der Waals surface area contributed by atoms with Crippen molar-refractivity contribution in [2.75, 3.05) is 24.5 Å². The molecule has 2 aliphatic rings. The first-order chi connectivity index (χ1) is 17.0. The second kappa shape index (κ2) is 9.29. The Balaban J connectivity index is 1.66. The molecule has 1 amide bonds. The predicted molar refractivity (Wildman–Crippen MR) is 137 cm³/mol. The van der Waals surface area contributed by atoms with E-state index in [4.69, 9.17) is 16.7 Å². The van der Waals surface area contributed by atoms with Crippen LogP contribution in [0.1, 0.15) is 51.5 Å². The first-order valence-electron chi connectivity index (χ1n) is 12.6. The van der Waals surface area contributed by atoms with Crippen LogP contribution in [-0.2, 0) is 0 Å². The predicted octanol–water partition coefficient (Wildman–Crippen LogP) is 5.93. The van der Waals surface area contributed by atoms with Crippen molar-refractivity contribution in [2.45, 2.75) is 47.1 Å². The van der Waals surface area contributed by atoms with Crippen molar-refractivity contribution < 1.29 is 13.6 Å². The lowest BCUT2D eigenvalue weighted by atomic mass is 10.0. The van der Waals surface area contributed by atoms with E-state index in [1.165, 1.54) is 18.6 Å². The number of anilines is 1. The number of halogens is 3. The Hall–Kier alpha value is -2.74. The average molecular weight is 516 g/mol. The highest BCUT2D eigenvalue weighted by atomic mass is 35.5. The zero-order chi connectivity index (χ0) is 25.9. The van der Waals surface area contributed by atoms with Crippen LogP contribution >= 0.6 is 11.6 Å². The molecule has 0 spiro atoms. The summed E-state index contributed by atoms with van der Waals surface area (Å²) in [7, 11) is 0. The van der Waals surface area contributed by atoms with Gasteiger partial charge in [0, 0.05) is 43.4 Å². The summed E-state index contributed by atoms with van der Waals surface area (Å²) in [5, 5.41) is 4.16. The van der Waals surface area contributed by atoms with E-state index in [9.17, 15) is 13.6 Å². The van der Waals surface area contributed by atoms with Crippen LogP contribution in [0, 0.1) is 35.3 Å². The zero-order valence-corrected chi connectivity index (χ0v) is 22.1. The van der Waals surface area contributed by atoms with Crippen LogP contribution < -0.4 is 4.90 Å². The van der Waals surface area contributed by atoms with Crippen LogP contribution in [0.2, 0.25) is 5.02 Å². The van der Waals surface area contributed by atoms with E-state index in [0.29, 0.717) is 40.7 Å². The van der Waals surface area contributed by atoms with Crippen molar-refractivity contribution in [1.29, 1.82) is 0 Å². The number of hydrogen-bond acceptors (Lipinski definition) is 4. The summed E-state index contributed by atoms with van der Waals surface area (Å²) >= 11 is 5.73. The maximum atomic E-state index is 14.3. The molecule has 1 saturated carbocycles. The summed E-state index contributed by atoms with van der Waals surface area (Å²) in [5.41, 5.74) is 1.44. The lowest BCUT2D eigenvalue weighted by molar-refractivity contribution is 0.0769. The summed E-state index contributed by atoms with van der Waals surface area (Å²) in [6.07, 6.45) is 1.20. The van der Waals surface area contributed by atoms with Crippen molar-refractivity contribution in [1.82, 2.24) is 19.5 Å². The minimum absolute atomic E-state index is 0.101. The molecule has 2 unspecified atom stereocenters. The van der Waals surface area contributed by atoms with Gasteiger partial charge in [-0.1, -0.05) is 39.3 Å². The van der Waals surface area contributed by atoms with E-state index >= 15 is 0 Å². The van der Waals surface area contributed by atoms with Gasteiger partial charge in [-0.2, -0.15) is 9.61 Å². The maximum absolute atomic E-state index is 14.3. The number of carbonyl (C=O) groups is 1. The van der Waals surface area contributed by atoms with Crippen LogP contribution in [0.4, 0.5) is 14.6 Å². The Morgan fingerprint density at radius 1 is 1.08 bits per heavy atom. The molecule has 192 valence electrons. The molecule has 6 nitrogen and oxygen atoms in total. The van der Waals surface area contributed by atoms with E-state index in [1.54, 1.807) is 16.6 Å². The van der Waals surface area contributed by atoms with Gasteiger partial charge in [0.05, 0.1) is 5.69 Å². The quantitative estimate of drug-likeness (QED) is 0.366. The molecular formula is C27H32ClF2N5O. The fourth-order valence-electron chi connectivity index (χ4n) is 5.07. The van der Waals surface area contributed by atoms with Gasteiger partial charge in [0.25, 0.3) is 5.91 Å². The third-order valence-electron chi connectivity index (χ3n) is 7.49. The molecule has 0 N–H and O–H groups in total. The van der Waals surface area contributed by atoms with Crippen molar-refractivity contribution in [3.63, 3.8) is 0 Å². The second-order valence-electron chi connectivity index (χ2n) is 11.0. The second-order valence-corrected chi connectivity index (χ2v) is 11.4. The van der Waals surface area contributed by atoms with Gasteiger partial charge in [-0.15, -0.1) is 0 Å². The summed E-state index contributed by atoms with van der Waals surface area (Å²) < 4.78 is 30.4. The molecule has 9 heteroatoms. The number of nitrogens with zero attached hydrogens (tertiary/aromatic N) is 5. The van der Waals surface area contributed by atoms with E-state index in [1.807, 2.05) is 4.90 Å². The van der Waals surface area contributed by atoms with Gasteiger partial charge in [0.15, 0.2) is 11.3 Å². The molecule has 3 atom stereocenters. The van der Waals surface area contributed by atoms with Gasteiger partial charge in [-0.05, 0) is 49.1 Å². The number of benzene rings is 1. The Bertz CT molecular complexity index is 1290. The van der Waals surface area contributed by atoms with Crippen LogP contribution in [0.3, 0.4) is 0 Å². The SMILES string of the molecule is CC(C)CN(c1cc(-c2cc(F)c(Cl)c(F)c2)nc2cc(C(=O)N3CC4CC4C3)nn12)[C@H](C)C(C)C.